The Labute approximate surface area is 220 Å². The van der Waals surface area contributed by atoms with Crippen molar-refractivity contribution in [3.05, 3.63) is 67.6 Å². The highest BCUT2D eigenvalue weighted by Gasteiger charge is 2.33. The number of hydrogen-bond donors (Lipinski definition) is 0. The van der Waals surface area contributed by atoms with Crippen LogP contribution in [0.25, 0.3) is 6.08 Å². The molecule has 1 aromatic carbocycles. The molecule has 1 atom stereocenters. The summed E-state index contributed by atoms with van der Waals surface area (Å²) < 4.78 is 15.4. The molecule has 0 bridgehead atoms. The van der Waals surface area contributed by atoms with E-state index in [1.54, 1.807) is 29.7 Å². The van der Waals surface area contributed by atoms with Crippen LogP contribution in [-0.2, 0) is 17.9 Å². The number of rotatable bonds is 6. The summed E-state index contributed by atoms with van der Waals surface area (Å²) in [5.74, 6) is 0.670. The van der Waals surface area contributed by atoms with Crippen LogP contribution in [0.5, 0.6) is 0 Å². The molecule has 2 fully saturated rings. The lowest BCUT2D eigenvalue weighted by Gasteiger charge is -2.36. The molecule has 2 aliphatic heterocycles. The molecule has 0 saturated carbocycles. The van der Waals surface area contributed by atoms with Crippen LogP contribution in [0.1, 0.15) is 55.4 Å². The monoisotopic (exact) mass is 524 g/mol. The third-order valence-electron chi connectivity index (χ3n) is 6.65. The third kappa shape index (κ3) is 5.11. The Balaban J connectivity index is 1.81. The minimum absolute atomic E-state index is 0.102. The molecule has 1 amide bonds. The molecule has 1 aromatic heterocycles. The standard InChI is InChI=1S/C27H29FN4O2S2/c1-4-11-31-24(30-12-5-6-17(2)15-30)21(18(3)22(14-29)25(31)33)13-23-26(34)32(27(35)36-23)16-19-7-9-20(28)10-8-19/h7-10,13,17H,4-6,11-12,15-16H2,1-3H3/b23-13-. The van der Waals surface area contributed by atoms with E-state index in [0.717, 1.165) is 49.3 Å². The van der Waals surface area contributed by atoms with E-state index in [1.807, 2.05) is 6.92 Å². The first-order chi connectivity index (χ1) is 17.2. The smallest absolute Gasteiger partial charge is 0.270 e. The first kappa shape index (κ1) is 26.1. The molecule has 3 heterocycles. The van der Waals surface area contributed by atoms with Gasteiger partial charge in [-0.25, -0.2) is 4.39 Å². The van der Waals surface area contributed by atoms with Crippen LogP contribution in [0, 0.1) is 30.0 Å². The van der Waals surface area contributed by atoms with E-state index in [-0.39, 0.29) is 29.4 Å². The molecule has 188 valence electrons. The number of hydrogen-bond acceptors (Lipinski definition) is 6. The van der Waals surface area contributed by atoms with E-state index in [2.05, 4.69) is 17.9 Å². The number of amides is 1. The summed E-state index contributed by atoms with van der Waals surface area (Å²) in [7, 11) is 0. The fraction of sp³-hybridized carbons (Fsp3) is 0.407. The van der Waals surface area contributed by atoms with E-state index in [9.17, 15) is 19.2 Å². The molecular weight excluding hydrogens is 495 g/mol. The van der Waals surface area contributed by atoms with Crippen molar-refractivity contribution in [2.75, 3.05) is 18.0 Å². The topological polar surface area (TPSA) is 69.3 Å². The van der Waals surface area contributed by atoms with Crippen molar-refractivity contribution in [2.24, 2.45) is 5.92 Å². The van der Waals surface area contributed by atoms with E-state index >= 15 is 0 Å². The number of nitriles is 1. The summed E-state index contributed by atoms with van der Waals surface area (Å²) in [4.78, 5) is 30.9. The second-order valence-corrected chi connectivity index (χ2v) is 11.1. The SMILES string of the molecule is CCCn1c(N2CCCC(C)C2)c(/C=C2\SC(=S)N(Cc3ccc(F)cc3)C2=O)c(C)c(C#N)c1=O. The first-order valence-electron chi connectivity index (χ1n) is 12.2. The van der Waals surface area contributed by atoms with Crippen LogP contribution in [0.15, 0.2) is 34.0 Å². The zero-order chi connectivity index (χ0) is 26.0. The second-order valence-electron chi connectivity index (χ2n) is 9.39. The number of piperidine rings is 1. The molecule has 0 radical (unpaired) electrons. The lowest BCUT2D eigenvalue weighted by atomic mass is 9.98. The van der Waals surface area contributed by atoms with Crippen molar-refractivity contribution in [2.45, 2.75) is 53.1 Å². The Morgan fingerprint density at radius 1 is 1.28 bits per heavy atom. The van der Waals surface area contributed by atoms with Gasteiger partial charge in [0.2, 0.25) is 0 Å². The molecule has 0 aliphatic carbocycles. The van der Waals surface area contributed by atoms with Crippen molar-refractivity contribution in [1.29, 1.82) is 5.26 Å². The van der Waals surface area contributed by atoms with E-state index < -0.39 is 0 Å². The second kappa shape index (κ2) is 11.0. The number of thioether (sulfide) groups is 1. The van der Waals surface area contributed by atoms with Crippen LogP contribution in [0.3, 0.4) is 0 Å². The predicted molar refractivity (Wildman–Crippen MR) is 146 cm³/mol. The third-order valence-corrected chi connectivity index (χ3v) is 8.03. The zero-order valence-corrected chi connectivity index (χ0v) is 22.3. The normalized spacial score (nSPS) is 19.3. The molecule has 36 heavy (non-hydrogen) atoms. The lowest BCUT2D eigenvalue weighted by molar-refractivity contribution is -0.122. The maximum atomic E-state index is 13.4. The Morgan fingerprint density at radius 2 is 2.00 bits per heavy atom. The maximum Gasteiger partial charge on any atom is 0.270 e. The molecule has 2 aliphatic rings. The number of thiocarbonyl (C=S) groups is 1. The van der Waals surface area contributed by atoms with Crippen LogP contribution in [0.4, 0.5) is 10.2 Å². The maximum absolute atomic E-state index is 13.4. The molecule has 6 nitrogen and oxygen atoms in total. The minimum Gasteiger partial charge on any atom is -0.357 e. The molecule has 2 aromatic rings. The van der Waals surface area contributed by atoms with Gasteiger partial charge < -0.3 is 4.90 Å². The Bertz CT molecular complexity index is 1330. The van der Waals surface area contributed by atoms with E-state index in [1.165, 1.54) is 28.8 Å². The number of halogens is 1. The Kier molecular flexibility index (Phi) is 7.96. The van der Waals surface area contributed by atoms with Gasteiger partial charge in [-0.2, -0.15) is 5.26 Å². The molecule has 1 unspecified atom stereocenters. The number of pyridine rings is 1. The summed E-state index contributed by atoms with van der Waals surface area (Å²) >= 11 is 6.72. The summed E-state index contributed by atoms with van der Waals surface area (Å²) in [6, 6.07) is 8.08. The average Bonchev–Trinajstić information content (AvgIpc) is 3.11. The fourth-order valence-electron chi connectivity index (χ4n) is 4.84. The number of nitrogens with zero attached hydrogens (tertiary/aromatic N) is 4. The van der Waals surface area contributed by atoms with E-state index in [4.69, 9.17) is 12.2 Å². The van der Waals surface area contributed by atoms with Gasteiger partial charge >= 0.3 is 0 Å². The highest BCUT2D eigenvalue weighted by molar-refractivity contribution is 8.26. The molecule has 2 saturated heterocycles. The van der Waals surface area contributed by atoms with Gasteiger partial charge in [-0.1, -0.05) is 50.0 Å². The minimum atomic E-state index is -0.338. The Morgan fingerprint density at radius 3 is 2.64 bits per heavy atom. The highest BCUT2D eigenvalue weighted by Crippen LogP contribution is 2.37. The Hall–Kier alpha value is -2.96. The van der Waals surface area contributed by atoms with Gasteiger partial charge in [0.15, 0.2) is 0 Å². The van der Waals surface area contributed by atoms with Gasteiger partial charge in [0, 0.05) is 25.2 Å². The number of carbonyl (C=O) groups excluding carboxylic acids is 1. The molecular formula is C27H29FN4O2S2. The van der Waals surface area contributed by atoms with Crippen LogP contribution in [0.2, 0.25) is 0 Å². The molecule has 0 spiro atoms. The van der Waals surface area contributed by atoms with Crippen LogP contribution in [-0.4, -0.2) is 32.8 Å². The summed E-state index contributed by atoms with van der Waals surface area (Å²) in [5.41, 5.74) is 1.88. The summed E-state index contributed by atoms with van der Waals surface area (Å²) in [5, 5.41) is 9.81. The zero-order valence-electron chi connectivity index (χ0n) is 20.7. The largest absolute Gasteiger partial charge is 0.357 e. The molecule has 9 heteroatoms. The van der Waals surface area contributed by atoms with Gasteiger partial charge in [-0.3, -0.25) is 19.1 Å². The predicted octanol–water partition coefficient (Wildman–Crippen LogP) is 5.22. The van der Waals surface area contributed by atoms with Gasteiger partial charge in [-0.15, -0.1) is 0 Å². The van der Waals surface area contributed by atoms with Gasteiger partial charge in [0.25, 0.3) is 11.5 Å². The number of aromatic nitrogens is 1. The number of benzene rings is 1. The van der Waals surface area contributed by atoms with Crippen LogP contribution >= 0.6 is 24.0 Å². The number of carbonyl (C=O) groups is 1. The number of anilines is 1. The van der Waals surface area contributed by atoms with Crippen molar-refractivity contribution in [3.8, 4) is 6.07 Å². The average molecular weight is 525 g/mol. The molecule has 0 N–H and O–H groups in total. The highest BCUT2D eigenvalue weighted by atomic mass is 32.2. The fourth-order valence-corrected chi connectivity index (χ4v) is 6.07. The molecule has 4 rings (SSSR count). The van der Waals surface area contributed by atoms with E-state index in [0.29, 0.717) is 27.3 Å². The first-order valence-corrected chi connectivity index (χ1v) is 13.4. The van der Waals surface area contributed by atoms with Gasteiger partial charge in [0.1, 0.15) is 27.6 Å². The van der Waals surface area contributed by atoms with Crippen molar-refractivity contribution in [3.63, 3.8) is 0 Å². The van der Waals surface area contributed by atoms with Crippen LogP contribution < -0.4 is 10.5 Å². The lowest BCUT2D eigenvalue weighted by Crippen LogP contribution is -2.40. The van der Waals surface area contributed by atoms with Crippen molar-refractivity contribution >= 4 is 46.1 Å². The quantitative estimate of drug-likeness (QED) is 0.382. The summed E-state index contributed by atoms with van der Waals surface area (Å²) in [6.45, 7) is 8.33. The van der Waals surface area contributed by atoms with Crippen molar-refractivity contribution < 1.29 is 9.18 Å². The van der Waals surface area contributed by atoms with Gasteiger partial charge in [-0.05, 0) is 61.4 Å². The summed E-state index contributed by atoms with van der Waals surface area (Å²) in [6.07, 6.45) is 4.67. The van der Waals surface area contributed by atoms with Crippen molar-refractivity contribution in [1.82, 2.24) is 9.47 Å². The van der Waals surface area contributed by atoms with Gasteiger partial charge in [0.05, 0.1) is 11.4 Å².